The summed E-state index contributed by atoms with van der Waals surface area (Å²) < 4.78 is 0. The summed E-state index contributed by atoms with van der Waals surface area (Å²) in [5.41, 5.74) is 7.20. The summed E-state index contributed by atoms with van der Waals surface area (Å²) in [5.74, 6) is 0.704. The topological polar surface area (TPSA) is 42.2 Å². The molecule has 3 nitrogen and oxygen atoms in total. The summed E-state index contributed by atoms with van der Waals surface area (Å²) in [7, 11) is 0. The van der Waals surface area contributed by atoms with E-state index in [-0.39, 0.29) is 0 Å². The lowest BCUT2D eigenvalue weighted by Gasteiger charge is -2.36. The second-order valence-electron chi connectivity index (χ2n) is 5.20. The first kappa shape index (κ1) is 13.0. The van der Waals surface area contributed by atoms with Crippen molar-refractivity contribution < 1.29 is 0 Å². The van der Waals surface area contributed by atoms with Crippen LogP contribution in [0.1, 0.15) is 43.4 Å². The molecule has 1 aliphatic heterocycles. The van der Waals surface area contributed by atoms with E-state index in [0.29, 0.717) is 18.0 Å². The van der Waals surface area contributed by atoms with Crippen molar-refractivity contribution in [1.82, 2.24) is 9.88 Å². The molecule has 0 aliphatic carbocycles. The molecular weight excluding hydrogens is 230 g/mol. The van der Waals surface area contributed by atoms with Gasteiger partial charge in [-0.2, -0.15) is 0 Å². The molecule has 0 aromatic carbocycles. The number of rotatable bonds is 3. The van der Waals surface area contributed by atoms with Crippen LogP contribution >= 0.6 is 11.3 Å². The van der Waals surface area contributed by atoms with Gasteiger partial charge in [-0.3, -0.25) is 4.90 Å². The van der Waals surface area contributed by atoms with Crippen LogP contribution in [0.2, 0.25) is 0 Å². The quantitative estimate of drug-likeness (QED) is 0.900. The Bertz CT molecular complexity index is 353. The standard InChI is InChI=1S/C13H23N3S/c1-9(14)12-4-6-16(7-5-12)10(2)13-8-17-11(3)15-13/h8-10,12H,4-7,14H2,1-3H3. The molecule has 2 heterocycles. The predicted molar refractivity (Wildman–Crippen MR) is 73.2 cm³/mol. The Labute approximate surface area is 108 Å². The number of hydrogen-bond acceptors (Lipinski definition) is 4. The highest BCUT2D eigenvalue weighted by atomic mass is 32.1. The normalized spacial score (nSPS) is 22.6. The molecule has 2 unspecified atom stereocenters. The maximum atomic E-state index is 5.97. The van der Waals surface area contributed by atoms with Gasteiger partial charge in [0.25, 0.3) is 0 Å². The Morgan fingerprint density at radius 2 is 2.06 bits per heavy atom. The van der Waals surface area contributed by atoms with Crippen molar-refractivity contribution in [3.63, 3.8) is 0 Å². The maximum Gasteiger partial charge on any atom is 0.0898 e. The fourth-order valence-corrected chi connectivity index (χ4v) is 3.29. The third kappa shape index (κ3) is 3.06. The second-order valence-corrected chi connectivity index (χ2v) is 6.26. The van der Waals surface area contributed by atoms with E-state index in [2.05, 4.69) is 36.0 Å². The van der Waals surface area contributed by atoms with E-state index in [4.69, 9.17) is 5.73 Å². The van der Waals surface area contributed by atoms with Crippen molar-refractivity contribution in [2.24, 2.45) is 11.7 Å². The van der Waals surface area contributed by atoms with E-state index in [1.165, 1.54) is 18.5 Å². The minimum atomic E-state index is 0.342. The number of aryl methyl sites for hydroxylation is 1. The summed E-state index contributed by atoms with van der Waals surface area (Å²) in [6, 6.07) is 0.794. The van der Waals surface area contributed by atoms with Crippen LogP contribution in [-0.4, -0.2) is 29.0 Å². The van der Waals surface area contributed by atoms with Crippen LogP contribution in [0.5, 0.6) is 0 Å². The van der Waals surface area contributed by atoms with E-state index in [1.807, 2.05) is 0 Å². The number of nitrogens with zero attached hydrogens (tertiary/aromatic N) is 2. The van der Waals surface area contributed by atoms with Crippen LogP contribution in [-0.2, 0) is 0 Å². The molecule has 1 aromatic rings. The average Bonchev–Trinajstić information content (AvgIpc) is 2.75. The van der Waals surface area contributed by atoms with Gasteiger partial charge in [0, 0.05) is 11.4 Å². The first-order valence-electron chi connectivity index (χ1n) is 6.49. The molecule has 1 saturated heterocycles. The number of thiazole rings is 1. The zero-order valence-corrected chi connectivity index (χ0v) is 11.8. The van der Waals surface area contributed by atoms with Crippen LogP contribution in [0, 0.1) is 12.8 Å². The summed E-state index contributed by atoms with van der Waals surface area (Å²) in [6.45, 7) is 8.78. The van der Waals surface area contributed by atoms with Gasteiger partial charge in [-0.15, -0.1) is 11.3 Å². The van der Waals surface area contributed by atoms with Gasteiger partial charge in [-0.25, -0.2) is 4.98 Å². The first-order valence-corrected chi connectivity index (χ1v) is 7.37. The Kier molecular flexibility index (Phi) is 4.17. The number of piperidine rings is 1. The monoisotopic (exact) mass is 253 g/mol. The Balaban J connectivity index is 1.92. The number of nitrogens with two attached hydrogens (primary N) is 1. The van der Waals surface area contributed by atoms with E-state index in [1.54, 1.807) is 11.3 Å². The summed E-state index contributed by atoms with van der Waals surface area (Å²) >= 11 is 1.74. The smallest absolute Gasteiger partial charge is 0.0898 e. The summed E-state index contributed by atoms with van der Waals surface area (Å²) in [4.78, 5) is 7.13. The lowest BCUT2D eigenvalue weighted by Crippen LogP contribution is -2.40. The largest absolute Gasteiger partial charge is 0.328 e. The van der Waals surface area contributed by atoms with Gasteiger partial charge >= 0.3 is 0 Å². The van der Waals surface area contributed by atoms with Crippen LogP contribution in [0.3, 0.4) is 0 Å². The zero-order valence-electron chi connectivity index (χ0n) is 11.0. The Morgan fingerprint density at radius 3 is 2.53 bits per heavy atom. The summed E-state index contributed by atoms with van der Waals surface area (Å²) in [6.07, 6.45) is 2.45. The lowest BCUT2D eigenvalue weighted by molar-refractivity contribution is 0.131. The SMILES string of the molecule is Cc1nc(C(C)N2CCC(C(C)N)CC2)cs1. The fourth-order valence-electron chi connectivity index (χ4n) is 2.59. The molecule has 2 rings (SSSR count). The van der Waals surface area contributed by atoms with Crippen molar-refractivity contribution in [2.45, 2.75) is 45.7 Å². The molecule has 17 heavy (non-hydrogen) atoms. The highest BCUT2D eigenvalue weighted by Crippen LogP contribution is 2.28. The Hall–Kier alpha value is -0.450. The van der Waals surface area contributed by atoms with Gasteiger partial charge in [-0.05, 0) is 52.6 Å². The van der Waals surface area contributed by atoms with Gasteiger partial charge in [0.05, 0.1) is 16.7 Å². The van der Waals surface area contributed by atoms with Crippen LogP contribution in [0.4, 0.5) is 0 Å². The van der Waals surface area contributed by atoms with Gasteiger partial charge in [0.1, 0.15) is 0 Å². The van der Waals surface area contributed by atoms with Gasteiger partial charge in [0.2, 0.25) is 0 Å². The minimum absolute atomic E-state index is 0.342. The molecule has 96 valence electrons. The number of hydrogen-bond donors (Lipinski definition) is 1. The molecular formula is C13H23N3S. The highest BCUT2D eigenvalue weighted by molar-refractivity contribution is 7.09. The van der Waals surface area contributed by atoms with Crippen LogP contribution < -0.4 is 5.73 Å². The predicted octanol–water partition coefficient (Wildman–Crippen LogP) is 2.57. The maximum absolute atomic E-state index is 5.97. The van der Waals surface area contributed by atoms with E-state index in [9.17, 15) is 0 Å². The molecule has 0 amide bonds. The molecule has 0 bridgehead atoms. The van der Waals surface area contributed by atoms with Crippen LogP contribution in [0.15, 0.2) is 5.38 Å². The average molecular weight is 253 g/mol. The molecule has 0 radical (unpaired) electrons. The summed E-state index contributed by atoms with van der Waals surface area (Å²) in [5, 5.41) is 3.36. The van der Waals surface area contributed by atoms with Crippen molar-refractivity contribution in [3.8, 4) is 0 Å². The second kappa shape index (κ2) is 5.46. The van der Waals surface area contributed by atoms with E-state index < -0.39 is 0 Å². The van der Waals surface area contributed by atoms with E-state index in [0.717, 1.165) is 18.1 Å². The Morgan fingerprint density at radius 1 is 1.41 bits per heavy atom. The molecule has 1 aliphatic rings. The fraction of sp³-hybridized carbons (Fsp3) is 0.769. The molecule has 4 heteroatoms. The van der Waals surface area contributed by atoms with Crippen molar-refractivity contribution in [2.75, 3.05) is 13.1 Å². The molecule has 2 atom stereocenters. The van der Waals surface area contributed by atoms with Gasteiger partial charge in [0.15, 0.2) is 0 Å². The minimum Gasteiger partial charge on any atom is -0.328 e. The molecule has 1 fully saturated rings. The molecule has 0 saturated carbocycles. The molecule has 2 N–H and O–H groups in total. The van der Waals surface area contributed by atoms with Crippen LogP contribution in [0.25, 0.3) is 0 Å². The first-order chi connectivity index (χ1) is 8.08. The molecule has 0 spiro atoms. The number of aromatic nitrogens is 1. The lowest BCUT2D eigenvalue weighted by atomic mass is 9.90. The van der Waals surface area contributed by atoms with Gasteiger partial charge < -0.3 is 5.73 Å². The third-order valence-corrected chi connectivity index (χ3v) is 4.72. The van der Waals surface area contributed by atoms with Crippen molar-refractivity contribution in [3.05, 3.63) is 16.1 Å². The third-order valence-electron chi connectivity index (χ3n) is 3.93. The van der Waals surface area contributed by atoms with Gasteiger partial charge in [-0.1, -0.05) is 0 Å². The van der Waals surface area contributed by atoms with Crippen molar-refractivity contribution in [1.29, 1.82) is 0 Å². The van der Waals surface area contributed by atoms with Crippen molar-refractivity contribution >= 4 is 11.3 Å². The molecule has 1 aromatic heterocycles. The zero-order chi connectivity index (χ0) is 12.4. The van der Waals surface area contributed by atoms with E-state index >= 15 is 0 Å². The number of likely N-dealkylation sites (tertiary alicyclic amines) is 1. The highest BCUT2D eigenvalue weighted by Gasteiger charge is 2.26.